The molecule has 0 saturated heterocycles. The predicted molar refractivity (Wildman–Crippen MR) is 58.5 cm³/mol. The summed E-state index contributed by atoms with van der Waals surface area (Å²) in [5.74, 6) is -0.387. The van der Waals surface area contributed by atoms with Gasteiger partial charge in [-0.3, -0.25) is 0 Å². The van der Waals surface area contributed by atoms with E-state index in [1.807, 2.05) is 0 Å². The third kappa shape index (κ3) is 2.78. The molecule has 2 rings (SSSR count). The molecule has 0 bridgehead atoms. The number of ether oxygens (including phenoxy) is 1. The molecule has 0 aliphatic heterocycles. The molecule has 0 radical (unpaired) electrons. The van der Waals surface area contributed by atoms with Crippen molar-refractivity contribution in [1.82, 2.24) is 0 Å². The van der Waals surface area contributed by atoms with E-state index in [4.69, 9.17) is 0 Å². The van der Waals surface area contributed by atoms with Crippen molar-refractivity contribution in [2.24, 2.45) is 0 Å². The molecule has 0 aromatic heterocycles. The molecule has 0 fully saturated rings. The minimum atomic E-state index is -2.88. The Morgan fingerprint density at radius 1 is 0.941 bits per heavy atom. The molecule has 0 aliphatic rings. The summed E-state index contributed by atoms with van der Waals surface area (Å²) in [6.45, 7) is -2.88. The fourth-order valence-corrected chi connectivity index (χ4v) is 1.54. The summed E-state index contributed by atoms with van der Waals surface area (Å²) in [5, 5.41) is 0. The fraction of sp³-hybridized carbons (Fsp3) is 0.0769. The summed E-state index contributed by atoms with van der Waals surface area (Å²) in [6, 6.07) is 12.1. The minimum Gasteiger partial charge on any atom is -0.435 e. The molecule has 17 heavy (non-hydrogen) atoms. The van der Waals surface area contributed by atoms with Crippen molar-refractivity contribution in [1.29, 1.82) is 0 Å². The van der Waals surface area contributed by atoms with Crippen LogP contribution in [0.15, 0.2) is 48.5 Å². The van der Waals surface area contributed by atoms with E-state index in [1.54, 1.807) is 30.3 Å². The van der Waals surface area contributed by atoms with E-state index >= 15 is 0 Å². The van der Waals surface area contributed by atoms with Gasteiger partial charge in [0.1, 0.15) is 11.6 Å². The van der Waals surface area contributed by atoms with Gasteiger partial charge < -0.3 is 4.74 Å². The topological polar surface area (TPSA) is 9.23 Å². The van der Waals surface area contributed by atoms with E-state index in [1.165, 1.54) is 18.2 Å². The molecule has 0 unspecified atom stereocenters. The Labute approximate surface area is 96.5 Å². The van der Waals surface area contributed by atoms with Crippen LogP contribution in [0.1, 0.15) is 0 Å². The molecule has 0 saturated carbocycles. The largest absolute Gasteiger partial charge is 0.435 e. The zero-order chi connectivity index (χ0) is 12.3. The van der Waals surface area contributed by atoms with Gasteiger partial charge in [-0.2, -0.15) is 8.78 Å². The number of hydrogen-bond donors (Lipinski definition) is 0. The van der Waals surface area contributed by atoms with Gasteiger partial charge >= 0.3 is 6.61 Å². The highest BCUT2D eigenvalue weighted by atomic mass is 19.3. The van der Waals surface area contributed by atoms with Gasteiger partial charge in [-0.15, -0.1) is 0 Å². The second kappa shape index (κ2) is 4.91. The van der Waals surface area contributed by atoms with Gasteiger partial charge in [0, 0.05) is 5.56 Å². The van der Waals surface area contributed by atoms with Crippen LogP contribution in [0.3, 0.4) is 0 Å². The van der Waals surface area contributed by atoms with Crippen LogP contribution in [0, 0.1) is 5.82 Å². The standard InChI is InChI=1S/C13H9F3O/c14-12-7-2-1-6-11(12)9-4-3-5-10(8-9)17-13(15)16/h1-8,13H. The van der Waals surface area contributed by atoms with Crippen molar-refractivity contribution in [3.8, 4) is 16.9 Å². The van der Waals surface area contributed by atoms with Gasteiger partial charge in [-0.25, -0.2) is 4.39 Å². The van der Waals surface area contributed by atoms with E-state index in [0.717, 1.165) is 0 Å². The molecule has 2 aromatic carbocycles. The first kappa shape index (κ1) is 11.5. The number of halogens is 3. The van der Waals surface area contributed by atoms with Crippen molar-refractivity contribution in [2.45, 2.75) is 6.61 Å². The third-order valence-corrected chi connectivity index (χ3v) is 2.24. The Morgan fingerprint density at radius 2 is 1.71 bits per heavy atom. The lowest BCUT2D eigenvalue weighted by Crippen LogP contribution is -2.01. The maximum atomic E-state index is 13.5. The number of hydrogen-bond acceptors (Lipinski definition) is 1. The summed E-state index contributed by atoms with van der Waals surface area (Å²) in [4.78, 5) is 0. The molecule has 0 atom stereocenters. The average Bonchev–Trinajstić information content (AvgIpc) is 2.29. The van der Waals surface area contributed by atoms with Crippen LogP contribution in [-0.4, -0.2) is 6.61 Å². The summed E-state index contributed by atoms with van der Waals surface area (Å²) in [6.07, 6.45) is 0. The Kier molecular flexibility index (Phi) is 3.32. The van der Waals surface area contributed by atoms with Gasteiger partial charge in [-0.05, 0) is 23.8 Å². The van der Waals surface area contributed by atoms with Crippen LogP contribution >= 0.6 is 0 Å². The Bertz CT molecular complexity index is 512. The lowest BCUT2D eigenvalue weighted by Gasteiger charge is -2.07. The third-order valence-electron chi connectivity index (χ3n) is 2.24. The number of benzene rings is 2. The SMILES string of the molecule is Fc1ccccc1-c1cccc(OC(F)F)c1. The molecule has 0 spiro atoms. The molecule has 88 valence electrons. The summed E-state index contributed by atoms with van der Waals surface area (Å²) >= 11 is 0. The van der Waals surface area contributed by atoms with Crippen molar-refractivity contribution in [3.63, 3.8) is 0 Å². The minimum absolute atomic E-state index is 0.0146. The summed E-state index contributed by atoms with van der Waals surface area (Å²) in [7, 11) is 0. The van der Waals surface area contributed by atoms with E-state index in [9.17, 15) is 13.2 Å². The lowest BCUT2D eigenvalue weighted by atomic mass is 10.1. The number of alkyl halides is 2. The molecule has 2 aromatic rings. The Hall–Kier alpha value is -1.97. The van der Waals surface area contributed by atoms with Crippen LogP contribution in [-0.2, 0) is 0 Å². The molecular formula is C13H9F3O. The highest BCUT2D eigenvalue weighted by Gasteiger charge is 2.07. The molecule has 4 heteroatoms. The van der Waals surface area contributed by atoms with Gasteiger partial charge in [0.15, 0.2) is 0 Å². The van der Waals surface area contributed by atoms with E-state index in [-0.39, 0.29) is 5.75 Å². The second-order valence-electron chi connectivity index (χ2n) is 3.39. The van der Waals surface area contributed by atoms with Gasteiger partial charge in [-0.1, -0.05) is 30.3 Å². The Balaban J connectivity index is 2.37. The zero-order valence-corrected chi connectivity index (χ0v) is 8.74. The van der Waals surface area contributed by atoms with Crippen LogP contribution in [0.5, 0.6) is 5.75 Å². The monoisotopic (exact) mass is 238 g/mol. The van der Waals surface area contributed by atoms with Gasteiger partial charge in [0.2, 0.25) is 0 Å². The average molecular weight is 238 g/mol. The number of rotatable bonds is 3. The van der Waals surface area contributed by atoms with Crippen molar-refractivity contribution >= 4 is 0 Å². The molecule has 0 N–H and O–H groups in total. The fourth-order valence-electron chi connectivity index (χ4n) is 1.54. The van der Waals surface area contributed by atoms with Gasteiger partial charge in [0.25, 0.3) is 0 Å². The predicted octanol–water partition coefficient (Wildman–Crippen LogP) is 4.09. The summed E-state index contributed by atoms with van der Waals surface area (Å²) in [5.41, 5.74) is 0.855. The summed E-state index contributed by atoms with van der Waals surface area (Å²) < 4.78 is 41.8. The first-order valence-electron chi connectivity index (χ1n) is 4.96. The van der Waals surface area contributed by atoms with Crippen LogP contribution in [0.25, 0.3) is 11.1 Å². The van der Waals surface area contributed by atoms with Crippen molar-refractivity contribution in [2.75, 3.05) is 0 Å². The quantitative estimate of drug-likeness (QED) is 0.782. The first-order valence-corrected chi connectivity index (χ1v) is 4.96. The molecule has 0 amide bonds. The lowest BCUT2D eigenvalue weighted by molar-refractivity contribution is -0.0498. The molecular weight excluding hydrogens is 229 g/mol. The first-order chi connectivity index (χ1) is 8.16. The molecule has 0 aliphatic carbocycles. The Morgan fingerprint density at radius 3 is 2.41 bits per heavy atom. The highest BCUT2D eigenvalue weighted by Crippen LogP contribution is 2.26. The highest BCUT2D eigenvalue weighted by molar-refractivity contribution is 5.65. The zero-order valence-electron chi connectivity index (χ0n) is 8.74. The van der Waals surface area contributed by atoms with Crippen LogP contribution < -0.4 is 4.74 Å². The normalized spacial score (nSPS) is 10.6. The van der Waals surface area contributed by atoms with Gasteiger partial charge in [0.05, 0.1) is 0 Å². The maximum absolute atomic E-state index is 13.5. The smallest absolute Gasteiger partial charge is 0.387 e. The van der Waals surface area contributed by atoms with Crippen molar-refractivity contribution < 1.29 is 17.9 Å². The van der Waals surface area contributed by atoms with E-state index < -0.39 is 12.4 Å². The molecule has 1 nitrogen and oxygen atoms in total. The van der Waals surface area contributed by atoms with Crippen molar-refractivity contribution in [3.05, 3.63) is 54.3 Å². The van der Waals surface area contributed by atoms with E-state index in [0.29, 0.717) is 11.1 Å². The second-order valence-corrected chi connectivity index (χ2v) is 3.39. The van der Waals surface area contributed by atoms with E-state index in [2.05, 4.69) is 4.74 Å². The maximum Gasteiger partial charge on any atom is 0.387 e. The van der Waals surface area contributed by atoms with Crippen LogP contribution in [0.4, 0.5) is 13.2 Å². The molecule has 0 heterocycles. The van der Waals surface area contributed by atoms with Crippen LogP contribution in [0.2, 0.25) is 0 Å².